The van der Waals surface area contributed by atoms with E-state index in [1.165, 1.54) is 0 Å². The van der Waals surface area contributed by atoms with Crippen LogP contribution in [-0.2, 0) is 13.6 Å². The van der Waals surface area contributed by atoms with Crippen molar-refractivity contribution in [3.63, 3.8) is 0 Å². The minimum atomic E-state index is 0. The normalized spacial score (nSPS) is 16.6. The lowest BCUT2D eigenvalue weighted by Crippen LogP contribution is -2.45. The highest BCUT2D eigenvalue weighted by atomic mass is 35.5. The molecule has 2 N–H and O–H groups in total. The maximum atomic E-state index is 13.0. The number of imidazole rings is 1. The summed E-state index contributed by atoms with van der Waals surface area (Å²) in [6, 6.07) is 12.0. The minimum absolute atomic E-state index is 0. The number of halogens is 1. The third kappa shape index (κ3) is 3.58. The molecule has 1 amide bonds. The predicted octanol–water partition coefficient (Wildman–Crippen LogP) is 3.60. The Kier molecular flexibility index (Phi) is 5.73. The molecule has 8 heteroatoms. The van der Waals surface area contributed by atoms with Gasteiger partial charge < -0.3 is 19.8 Å². The molecule has 0 saturated carbocycles. The molecule has 3 aromatic heterocycles. The second-order valence-electron chi connectivity index (χ2n) is 8.04. The zero-order chi connectivity index (χ0) is 20.8. The number of aryl methyl sites for hydroxylation is 2. The first-order chi connectivity index (χ1) is 14.6. The van der Waals surface area contributed by atoms with Gasteiger partial charge in [-0.1, -0.05) is 0 Å². The van der Waals surface area contributed by atoms with Crippen molar-refractivity contribution in [2.75, 3.05) is 13.1 Å². The lowest BCUT2D eigenvalue weighted by molar-refractivity contribution is 0.0709. The monoisotopic (exact) mass is 438 g/mol. The van der Waals surface area contributed by atoms with Gasteiger partial charge in [-0.25, -0.2) is 9.97 Å². The van der Waals surface area contributed by atoms with Crippen LogP contribution < -0.4 is 5.73 Å². The van der Waals surface area contributed by atoms with E-state index >= 15 is 0 Å². The highest BCUT2D eigenvalue weighted by Gasteiger charge is 2.23. The van der Waals surface area contributed by atoms with E-state index in [-0.39, 0.29) is 24.4 Å². The third-order valence-electron chi connectivity index (χ3n) is 6.07. The molecule has 1 aliphatic heterocycles. The summed E-state index contributed by atoms with van der Waals surface area (Å²) in [7, 11) is 2.01. The van der Waals surface area contributed by atoms with E-state index in [1.807, 2.05) is 42.4 Å². The van der Waals surface area contributed by atoms with E-state index in [0.717, 1.165) is 59.5 Å². The van der Waals surface area contributed by atoms with Crippen molar-refractivity contribution < 1.29 is 4.79 Å². The second kappa shape index (κ2) is 8.32. The molecule has 0 bridgehead atoms. The van der Waals surface area contributed by atoms with Gasteiger partial charge in [0.25, 0.3) is 5.91 Å². The number of carbonyl (C=O) groups excluding carboxylic acids is 1. The first-order valence-electron chi connectivity index (χ1n) is 10.5. The van der Waals surface area contributed by atoms with E-state index < -0.39 is 0 Å². The van der Waals surface area contributed by atoms with Gasteiger partial charge in [0.15, 0.2) is 5.82 Å². The summed E-state index contributed by atoms with van der Waals surface area (Å²) in [4.78, 5) is 24.3. The lowest BCUT2D eigenvalue weighted by atomic mass is 10.1. The molecule has 1 unspecified atom stereocenters. The molecule has 1 aromatic carbocycles. The molecule has 4 heterocycles. The average molecular weight is 439 g/mol. The summed E-state index contributed by atoms with van der Waals surface area (Å²) >= 11 is 0. The zero-order valence-corrected chi connectivity index (χ0v) is 18.6. The van der Waals surface area contributed by atoms with Gasteiger partial charge in [-0.15, -0.1) is 12.4 Å². The van der Waals surface area contributed by atoms with Crippen LogP contribution in [0.15, 0.2) is 42.6 Å². The van der Waals surface area contributed by atoms with E-state index in [2.05, 4.69) is 33.2 Å². The molecular weight excluding hydrogens is 412 g/mol. The molecule has 1 fully saturated rings. The highest BCUT2D eigenvalue weighted by molar-refractivity contribution is 5.98. The number of carbonyl (C=O) groups is 1. The second-order valence-corrected chi connectivity index (χ2v) is 8.04. The molecule has 4 aromatic rings. The molecule has 31 heavy (non-hydrogen) atoms. The first-order valence-corrected chi connectivity index (χ1v) is 10.5. The molecule has 162 valence electrons. The van der Waals surface area contributed by atoms with Crippen molar-refractivity contribution in [3.8, 4) is 11.5 Å². The van der Waals surface area contributed by atoms with Crippen molar-refractivity contribution in [1.82, 2.24) is 24.0 Å². The Labute approximate surface area is 187 Å². The van der Waals surface area contributed by atoms with Crippen molar-refractivity contribution >= 4 is 40.4 Å². The van der Waals surface area contributed by atoms with Crippen LogP contribution in [-0.4, -0.2) is 49.0 Å². The van der Waals surface area contributed by atoms with Crippen LogP contribution in [0.5, 0.6) is 0 Å². The smallest absolute Gasteiger partial charge is 0.253 e. The largest absolute Gasteiger partial charge is 0.337 e. The Morgan fingerprint density at radius 3 is 2.87 bits per heavy atom. The summed E-state index contributed by atoms with van der Waals surface area (Å²) in [5, 5.41) is 1.10. The Morgan fingerprint density at radius 2 is 2.10 bits per heavy atom. The fourth-order valence-corrected chi connectivity index (χ4v) is 4.53. The molecule has 1 aliphatic rings. The molecule has 0 aliphatic carbocycles. The van der Waals surface area contributed by atoms with Crippen LogP contribution in [0.3, 0.4) is 0 Å². The standard InChI is InChI=1S/C23H26N6O.ClH/c1-3-29-20(13-15-6-4-10-25-21(15)29)22-26-18-12-16(8-9-19(18)27(22)2)23(30)28-11-5-7-17(24)14-28;/h4,6,8-10,12-13,17H,3,5,7,11,14,24H2,1-2H3;1H. The number of rotatable bonds is 3. The molecule has 7 nitrogen and oxygen atoms in total. The van der Waals surface area contributed by atoms with Crippen LogP contribution in [0.2, 0.25) is 0 Å². The number of nitrogens with two attached hydrogens (primary N) is 1. The fourth-order valence-electron chi connectivity index (χ4n) is 4.53. The minimum Gasteiger partial charge on any atom is -0.337 e. The van der Waals surface area contributed by atoms with Crippen molar-refractivity contribution in [3.05, 3.63) is 48.2 Å². The van der Waals surface area contributed by atoms with Gasteiger partial charge in [-0.3, -0.25) is 4.79 Å². The molecule has 1 saturated heterocycles. The summed E-state index contributed by atoms with van der Waals surface area (Å²) in [6.45, 7) is 4.30. The van der Waals surface area contributed by atoms with E-state index in [1.54, 1.807) is 0 Å². The Bertz CT molecular complexity index is 1260. The van der Waals surface area contributed by atoms with Crippen molar-refractivity contribution in [2.24, 2.45) is 12.8 Å². The van der Waals surface area contributed by atoms with Crippen LogP contribution in [0.25, 0.3) is 33.6 Å². The number of piperidine rings is 1. The predicted molar refractivity (Wildman–Crippen MR) is 125 cm³/mol. The summed E-state index contributed by atoms with van der Waals surface area (Å²) in [5.74, 6) is 0.903. The van der Waals surface area contributed by atoms with Gasteiger partial charge >= 0.3 is 0 Å². The first kappa shape index (κ1) is 21.3. The van der Waals surface area contributed by atoms with Gasteiger partial charge in [-0.05, 0) is 56.2 Å². The molecular formula is C23H27ClN6O. The maximum Gasteiger partial charge on any atom is 0.253 e. The van der Waals surface area contributed by atoms with Crippen LogP contribution in [0, 0.1) is 0 Å². The average Bonchev–Trinajstić information content (AvgIpc) is 3.30. The molecule has 5 rings (SSSR count). The zero-order valence-electron chi connectivity index (χ0n) is 17.8. The number of hydrogen-bond acceptors (Lipinski definition) is 4. The topological polar surface area (TPSA) is 82.0 Å². The molecule has 0 radical (unpaired) electrons. The number of benzene rings is 1. The Balaban J connectivity index is 0.00000231. The molecule has 0 spiro atoms. The van der Waals surface area contributed by atoms with Gasteiger partial charge in [-0.2, -0.15) is 0 Å². The van der Waals surface area contributed by atoms with E-state index in [4.69, 9.17) is 10.7 Å². The van der Waals surface area contributed by atoms with E-state index in [0.29, 0.717) is 12.1 Å². The summed E-state index contributed by atoms with van der Waals surface area (Å²) in [6.07, 6.45) is 3.75. The van der Waals surface area contributed by atoms with Crippen LogP contribution in [0.1, 0.15) is 30.1 Å². The number of likely N-dealkylation sites (tertiary alicyclic amines) is 1. The summed E-state index contributed by atoms with van der Waals surface area (Å²) < 4.78 is 4.26. The molecule has 1 atom stereocenters. The number of amides is 1. The number of pyridine rings is 1. The maximum absolute atomic E-state index is 13.0. The van der Waals surface area contributed by atoms with Crippen LogP contribution >= 0.6 is 12.4 Å². The Morgan fingerprint density at radius 1 is 1.26 bits per heavy atom. The number of aromatic nitrogens is 4. The number of nitrogens with zero attached hydrogens (tertiary/aromatic N) is 5. The third-order valence-corrected chi connectivity index (χ3v) is 6.07. The van der Waals surface area contributed by atoms with Crippen LogP contribution in [0.4, 0.5) is 0 Å². The van der Waals surface area contributed by atoms with Crippen molar-refractivity contribution in [2.45, 2.75) is 32.4 Å². The van der Waals surface area contributed by atoms with Gasteiger partial charge in [0.2, 0.25) is 0 Å². The Hall–Kier alpha value is -2.90. The van der Waals surface area contributed by atoms with Gasteiger partial charge in [0.05, 0.1) is 16.7 Å². The van der Waals surface area contributed by atoms with Gasteiger partial charge in [0.1, 0.15) is 5.65 Å². The number of hydrogen-bond donors (Lipinski definition) is 1. The summed E-state index contributed by atoms with van der Waals surface area (Å²) in [5.41, 5.74) is 10.5. The lowest BCUT2D eigenvalue weighted by Gasteiger charge is -2.30. The number of fused-ring (bicyclic) bond motifs is 2. The quantitative estimate of drug-likeness (QED) is 0.529. The fraction of sp³-hybridized carbons (Fsp3) is 0.348. The van der Waals surface area contributed by atoms with Gasteiger partial charge in [0, 0.05) is 49.9 Å². The SMILES string of the molecule is CCn1c(-c2nc3cc(C(=O)N4CCCC(N)C4)ccc3n2C)cc2cccnc21.Cl. The van der Waals surface area contributed by atoms with Crippen molar-refractivity contribution in [1.29, 1.82) is 0 Å². The van der Waals surface area contributed by atoms with E-state index in [9.17, 15) is 4.79 Å². The highest BCUT2D eigenvalue weighted by Crippen LogP contribution is 2.29.